The fraction of sp³-hybridized carbons (Fsp3) is 0.857. The zero-order valence-electron chi connectivity index (χ0n) is 6.31. The van der Waals surface area contributed by atoms with Crippen molar-refractivity contribution < 1.29 is 9.53 Å². The zero-order valence-corrected chi connectivity index (χ0v) is 7.89. The predicted octanol–water partition coefficient (Wildman–Crippen LogP) is 1.02. The van der Waals surface area contributed by atoms with Gasteiger partial charge in [-0.2, -0.15) is 0 Å². The highest BCUT2D eigenvalue weighted by Crippen LogP contribution is 2.09. The van der Waals surface area contributed by atoms with Crippen LogP contribution in [0.25, 0.3) is 0 Å². The Labute approximate surface area is 74.6 Å². The second kappa shape index (κ2) is 4.72. The lowest BCUT2D eigenvalue weighted by atomic mass is 10.2. The fourth-order valence-electron chi connectivity index (χ4n) is 1.07. The summed E-state index contributed by atoms with van der Waals surface area (Å²) in [6.45, 7) is 0.771. The molecular formula is C7H12BrNO2. The molecule has 1 heterocycles. The Balaban J connectivity index is 2.19. The van der Waals surface area contributed by atoms with Crippen molar-refractivity contribution >= 4 is 21.8 Å². The number of carbonyl (C=O) groups excluding carboxylic acids is 1. The van der Waals surface area contributed by atoms with E-state index in [4.69, 9.17) is 4.74 Å². The van der Waals surface area contributed by atoms with Gasteiger partial charge in [-0.3, -0.25) is 4.79 Å². The molecule has 1 amide bonds. The SMILES string of the molecule is O=C(CBr)NC1CCCCO1. The van der Waals surface area contributed by atoms with Crippen LogP contribution in [0.3, 0.4) is 0 Å². The third-order valence-corrected chi connectivity index (χ3v) is 2.13. The van der Waals surface area contributed by atoms with E-state index in [0.717, 1.165) is 25.9 Å². The zero-order chi connectivity index (χ0) is 8.10. The molecule has 1 N–H and O–H groups in total. The molecule has 0 aromatic heterocycles. The molecule has 1 saturated heterocycles. The second-order valence-corrected chi connectivity index (χ2v) is 3.12. The van der Waals surface area contributed by atoms with E-state index in [1.165, 1.54) is 0 Å². The van der Waals surface area contributed by atoms with Crippen LogP contribution in [0, 0.1) is 0 Å². The van der Waals surface area contributed by atoms with Crippen LogP contribution in [-0.4, -0.2) is 24.1 Å². The molecule has 1 aliphatic rings. The van der Waals surface area contributed by atoms with E-state index in [1.807, 2.05) is 0 Å². The molecule has 0 radical (unpaired) electrons. The largest absolute Gasteiger partial charge is 0.359 e. The molecule has 1 rings (SSSR count). The van der Waals surface area contributed by atoms with E-state index >= 15 is 0 Å². The standard InChI is InChI=1S/C7H12BrNO2/c8-5-6(10)9-7-3-1-2-4-11-7/h7H,1-5H2,(H,9,10). The number of amides is 1. The summed E-state index contributed by atoms with van der Waals surface area (Å²) in [5.74, 6) is -0.00287. The monoisotopic (exact) mass is 221 g/mol. The summed E-state index contributed by atoms with van der Waals surface area (Å²) in [5, 5.41) is 3.11. The first-order chi connectivity index (χ1) is 5.33. The van der Waals surface area contributed by atoms with E-state index in [1.54, 1.807) is 0 Å². The van der Waals surface area contributed by atoms with Gasteiger partial charge in [-0.1, -0.05) is 15.9 Å². The molecule has 0 aromatic carbocycles. The normalized spacial score (nSPS) is 24.6. The smallest absolute Gasteiger partial charge is 0.232 e. The van der Waals surface area contributed by atoms with Gasteiger partial charge in [0.2, 0.25) is 5.91 Å². The van der Waals surface area contributed by atoms with E-state index in [9.17, 15) is 4.79 Å². The molecule has 1 atom stereocenters. The van der Waals surface area contributed by atoms with Crippen molar-refractivity contribution in [1.29, 1.82) is 0 Å². The van der Waals surface area contributed by atoms with Gasteiger partial charge in [0.25, 0.3) is 0 Å². The Morgan fingerprint density at radius 3 is 3.00 bits per heavy atom. The van der Waals surface area contributed by atoms with Crippen LogP contribution in [0.2, 0.25) is 0 Å². The first-order valence-corrected chi connectivity index (χ1v) is 4.92. The summed E-state index contributed by atoms with van der Waals surface area (Å²) >= 11 is 3.07. The Kier molecular flexibility index (Phi) is 3.86. The van der Waals surface area contributed by atoms with Gasteiger partial charge in [0.15, 0.2) is 0 Å². The van der Waals surface area contributed by atoms with Crippen molar-refractivity contribution in [3.05, 3.63) is 0 Å². The number of nitrogens with one attached hydrogen (secondary N) is 1. The second-order valence-electron chi connectivity index (χ2n) is 2.56. The number of rotatable bonds is 2. The van der Waals surface area contributed by atoms with Gasteiger partial charge < -0.3 is 10.1 Å². The predicted molar refractivity (Wildman–Crippen MR) is 45.5 cm³/mol. The van der Waals surface area contributed by atoms with E-state index in [2.05, 4.69) is 21.2 Å². The molecule has 1 fully saturated rings. The van der Waals surface area contributed by atoms with Crippen molar-refractivity contribution in [2.75, 3.05) is 11.9 Å². The first kappa shape index (κ1) is 9.00. The Morgan fingerprint density at radius 2 is 2.45 bits per heavy atom. The highest BCUT2D eigenvalue weighted by atomic mass is 79.9. The van der Waals surface area contributed by atoms with Crippen molar-refractivity contribution in [2.45, 2.75) is 25.5 Å². The Hall–Kier alpha value is -0.0900. The van der Waals surface area contributed by atoms with Crippen molar-refractivity contribution in [3.8, 4) is 0 Å². The maximum atomic E-state index is 10.8. The van der Waals surface area contributed by atoms with Crippen LogP contribution >= 0.6 is 15.9 Å². The lowest BCUT2D eigenvalue weighted by molar-refractivity contribution is -0.124. The van der Waals surface area contributed by atoms with Gasteiger partial charge in [0, 0.05) is 6.61 Å². The van der Waals surface area contributed by atoms with Crippen molar-refractivity contribution in [2.24, 2.45) is 0 Å². The minimum Gasteiger partial charge on any atom is -0.359 e. The van der Waals surface area contributed by atoms with E-state index in [0.29, 0.717) is 5.33 Å². The van der Waals surface area contributed by atoms with Gasteiger partial charge in [-0.15, -0.1) is 0 Å². The van der Waals surface area contributed by atoms with Gasteiger partial charge in [-0.05, 0) is 19.3 Å². The number of ether oxygens (including phenoxy) is 1. The minimum atomic E-state index is -0.0474. The third-order valence-electron chi connectivity index (χ3n) is 1.62. The van der Waals surface area contributed by atoms with Gasteiger partial charge >= 0.3 is 0 Å². The first-order valence-electron chi connectivity index (χ1n) is 3.80. The van der Waals surface area contributed by atoms with Crippen LogP contribution in [0.1, 0.15) is 19.3 Å². The maximum absolute atomic E-state index is 10.8. The lowest BCUT2D eigenvalue weighted by Gasteiger charge is -2.22. The number of alkyl halides is 1. The molecule has 4 heteroatoms. The lowest BCUT2D eigenvalue weighted by Crippen LogP contribution is -2.39. The summed E-state index contributed by atoms with van der Waals surface area (Å²) in [7, 11) is 0. The third kappa shape index (κ3) is 3.20. The van der Waals surface area contributed by atoms with E-state index < -0.39 is 0 Å². The highest BCUT2D eigenvalue weighted by Gasteiger charge is 2.14. The van der Waals surface area contributed by atoms with Gasteiger partial charge in [0.1, 0.15) is 6.23 Å². The number of hydrogen-bond acceptors (Lipinski definition) is 2. The van der Waals surface area contributed by atoms with E-state index in [-0.39, 0.29) is 12.1 Å². The highest BCUT2D eigenvalue weighted by molar-refractivity contribution is 9.09. The van der Waals surface area contributed by atoms with Gasteiger partial charge in [-0.25, -0.2) is 0 Å². The Morgan fingerprint density at radius 1 is 1.64 bits per heavy atom. The molecule has 64 valence electrons. The molecule has 0 saturated carbocycles. The average molecular weight is 222 g/mol. The Bertz CT molecular complexity index is 134. The van der Waals surface area contributed by atoms with Crippen LogP contribution in [0.4, 0.5) is 0 Å². The average Bonchev–Trinajstić information content (AvgIpc) is 2.06. The topological polar surface area (TPSA) is 38.3 Å². The number of hydrogen-bond donors (Lipinski definition) is 1. The molecule has 11 heavy (non-hydrogen) atoms. The number of carbonyl (C=O) groups is 1. The van der Waals surface area contributed by atoms with Gasteiger partial charge in [0.05, 0.1) is 5.33 Å². The van der Waals surface area contributed by atoms with Crippen molar-refractivity contribution in [3.63, 3.8) is 0 Å². The summed E-state index contributed by atoms with van der Waals surface area (Å²) in [6.07, 6.45) is 3.15. The van der Waals surface area contributed by atoms with Crippen LogP contribution in [0.5, 0.6) is 0 Å². The van der Waals surface area contributed by atoms with Crippen LogP contribution in [0.15, 0.2) is 0 Å². The molecule has 0 spiro atoms. The van der Waals surface area contributed by atoms with Crippen molar-refractivity contribution in [1.82, 2.24) is 5.32 Å². The summed E-state index contributed by atoms with van der Waals surface area (Å²) in [6, 6.07) is 0. The molecule has 1 aliphatic heterocycles. The molecule has 0 aliphatic carbocycles. The number of halogens is 1. The maximum Gasteiger partial charge on any atom is 0.232 e. The quantitative estimate of drug-likeness (QED) is 0.708. The molecule has 1 unspecified atom stereocenters. The van der Waals surface area contributed by atoms with Crippen LogP contribution < -0.4 is 5.32 Å². The minimum absolute atomic E-state index is 0.00287. The summed E-state index contributed by atoms with van der Waals surface area (Å²) < 4.78 is 5.30. The molecular weight excluding hydrogens is 210 g/mol. The molecule has 0 aromatic rings. The summed E-state index contributed by atoms with van der Waals surface area (Å²) in [4.78, 5) is 10.8. The summed E-state index contributed by atoms with van der Waals surface area (Å²) in [5.41, 5.74) is 0. The van der Waals surface area contributed by atoms with Crippen LogP contribution in [-0.2, 0) is 9.53 Å². The fourth-order valence-corrected chi connectivity index (χ4v) is 1.23. The molecule has 3 nitrogen and oxygen atoms in total. The molecule has 0 bridgehead atoms.